The molecular formula is C13H17ClN2O. The smallest absolute Gasteiger partial charge is 0.222 e. The van der Waals surface area contributed by atoms with Gasteiger partial charge < -0.3 is 10.6 Å². The summed E-state index contributed by atoms with van der Waals surface area (Å²) in [6.07, 6.45) is 2.34. The van der Waals surface area contributed by atoms with Gasteiger partial charge in [-0.05, 0) is 30.5 Å². The number of nitrogens with two attached hydrogens (primary N) is 1. The summed E-state index contributed by atoms with van der Waals surface area (Å²) in [5.41, 5.74) is 7.23. The molecule has 0 radical (unpaired) electrons. The molecule has 1 fully saturated rings. The van der Waals surface area contributed by atoms with Crippen molar-refractivity contribution in [3.05, 3.63) is 34.9 Å². The summed E-state index contributed by atoms with van der Waals surface area (Å²) in [5.74, 6) is 0.165. The number of likely N-dealkylation sites (tertiary alicyclic amines) is 1. The summed E-state index contributed by atoms with van der Waals surface area (Å²) >= 11 is 5.87. The van der Waals surface area contributed by atoms with Crippen molar-refractivity contribution in [1.29, 1.82) is 0 Å². The van der Waals surface area contributed by atoms with Crippen LogP contribution in [0.2, 0.25) is 5.02 Å². The van der Waals surface area contributed by atoms with E-state index in [1.807, 2.05) is 31.3 Å². The summed E-state index contributed by atoms with van der Waals surface area (Å²) in [5, 5.41) is 0.699. The summed E-state index contributed by atoms with van der Waals surface area (Å²) < 4.78 is 0. The summed E-state index contributed by atoms with van der Waals surface area (Å²) in [6, 6.07) is 7.53. The number of benzene rings is 1. The highest BCUT2D eigenvalue weighted by Gasteiger charge is 2.29. The minimum absolute atomic E-state index is 0.00683. The van der Waals surface area contributed by atoms with Crippen LogP contribution in [0.1, 0.15) is 30.9 Å². The number of hydrogen-bond donors (Lipinski definition) is 1. The number of rotatable bonds is 1. The maximum Gasteiger partial charge on any atom is 0.222 e. The third-order valence-corrected chi connectivity index (χ3v) is 3.61. The van der Waals surface area contributed by atoms with Gasteiger partial charge in [-0.1, -0.05) is 23.7 Å². The molecule has 2 atom stereocenters. The van der Waals surface area contributed by atoms with Crippen molar-refractivity contribution < 1.29 is 4.79 Å². The number of hydrogen-bond acceptors (Lipinski definition) is 2. The monoisotopic (exact) mass is 252 g/mol. The summed E-state index contributed by atoms with van der Waals surface area (Å²) in [7, 11) is 1.83. The zero-order chi connectivity index (χ0) is 12.4. The van der Waals surface area contributed by atoms with Gasteiger partial charge in [0.1, 0.15) is 0 Å². The third kappa shape index (κ3) is 2.61. The van der Waals surface area contributed by atoms with Crippen LogP contribution in [0.15, 0.2) is 24.3 Å². The van der Waals surface area contributed by atoms with Gasteiger partial charge in [-0.2, -0.15) is 0 Å². The number of carbonyl (C=O) groups excluding carboxylic acids is 1. The van der Waals surface area contributed by atoms with E-state index >= 15 is 0 Å². The van der Waals surface area contributed by atoms with Crippen molar-refractivity contribution in [2.75, 3.05) is 7.05 Å². The Hall–Kier alpha value is -1.06. The molecule has 1 aromatic rings. The van der Waals surface area contributed by atoms with Crippen LogP contribution in [-0.4, -0.2) is 23.9 Å². The van der Waals surface area contributed by atoms with Crippen LogP contribution in [0.25, 0.3) is 0 Å². The van der Waals surface area contributed by atoms with Gasteiger partial charge in [0.2, 0.25) is 5.91 Å². The zero-order valence-corrected chi connectivity index (χ0v) is 10.7. The van der Waals surface area contributed by atoms with Gasteiger partial charge in [0.15, 0.2) is 0 Å². The lowest BCUT2D eigenvalue weighted by atomic mass is 9.97. The average molecular weight is 253 g/mol. The highest BCUT2D eigenvalue weighted by atomic mass is 35.5. The predicted octanol–water partition coefficient (Wildman–Crippen LogP) is 2.35. The predicted molar refractivity (Wildman–Crippen MR) is 68.8 cm³/mol. The highest BCUT2D eigenvalue weighted by Crippen LogP contribution is 2.29. The Bertz CT molecular complexity index is 404. The quantitative estimate of drug-likeness (QED) is 0.834. The van der Waals surface area contributed by atoms with E-state index < -0.39 is 0 Å². The largest absolute Gasteiger partial charge is 0.337 e. The fraction of sp³-hybridized carbons (Fsp3) is 0.462. The van der Waals surface area contributed by atoms with Gasteiger partial charge >= 0.3 is 0 Å². The molecule has 1 aromatic carbocycles. The highest BCUT2D eigenvalue weighted by molar-refractivity contribution is 6.30. The van der Waals surface area contributed by atoms with Crippen LogP contribution in [0, 0.1) is 0 Å². The molecule has 2 unspecified atom stereocenters. The molecule has 3 nitrogen and oxygen atoms in total. The molecular weight excluding hydrogens is 236 g/mol. The minimum Gasteiger partial charge on any atom is -0.337 e. The first-order chi connectivity index (χ1) is 8.09. The molecule has 1 heterocycles. The second-order valence-corrected chi connectivity index (χ2v) is 4.99. The Morgan fingerprint density at radius 1 is 1.35 bits per heavy atom. The van der Waals surface area contributed by atoms with Crippen molar-refractivity contribution >= 4 is 17.5 Å². The van der Waals surface area contributed by atoms with Gasteiger partial charge in [0.05, 0.1) is 6.04 Å². The number of halogens is 1. The maximum absolute atomic E-state index is 11.9. The molecule has 92 valence electrons. The first-order valence-electron chi connectivity index (χ1n) is 5.86. The summed E-state index contributed by atoms with van der Waals surface area (Å²) in [4.78, 5) is 13.6. The molecule has 0 bridgehead atoms. The van der Waals surface area contributed by atoms with E-state index in [0.29, 0.717) is 11.4 Å². The molecule has 0 aliphatic carbocycles. The first-order valence-corrected chi connectivity index (χ1v) is 6.24. The van der Waals surface area contributed by atoms with E-state index in [9.17, 15) is 4.79 Å². The maximum atomic E-state index is 11.9. The lowest BCUT2D eigenvalue weighted by Crippen LogP contribution is -2.39. The van der Waals surface area contributed by atoms with Crippen LogP contribution >= 0.6 is 11.6 Å². The fourth-order valence-electron chi connectivity index (χ4n) is 2.40. The van der Waals surface area contributed by atoms with Crippen molar-refractivity contribution in [3.63, 3.8) is 0 Å². The van der Waals surface area contributed by atoms with Gasteiger partial charge in [0, 0.05) is 24.5 Å². The van der Waals surface area contributed by atoms with Crippen molar-refractivity contribution in [3.8, 4) is 0 Å². The molecule has 1 aliphatic rings. The summed E-state index contributed by atoms with van der Waals surface area (Å²) in [6.45, 7) is 0. The second-order valence-electron chi connectivity index (χ2n) is 4.56. The van der Waals surface area contributed by atoms with Crippen molar-refractivity contribution in [1.82, 2.24) is 4.90 Å². The number of amides is 1. The zero-order valence-electron chi connectivity index (χ0n) is 9.90. The normalized spacial score (nSPS) is 25.8. The van der Waals surface area contributed by atoms with E-state index in [0.717, 1.165) is 18.4 Å². The SMILES string of the molecule is CN1C(=O)CCCC(N)C1c1ccc(Cl)cc1. The molecule has 2 rings (SSSR count). The lowest BCUT2D eigenvalue weighted by Gasteiger charge is -2.30. The topological polar surface area (TPSA) is 46.3 Å². The Morgan fingerprint density at radius 3 is 2.65 bits per heavy atom. The molecule has 1 aliphatic heterocycles. The Morgan fingerprint density at radius 2 is 2.00 bits per heavy atom. The standard InChI is InChI=1S/C13H17ClN2O/c1-16-12(17)4-2-3-11(15)13(16)9-5-7-10(14)8-6-9/h5-8,11,13H,2-4,15H2,1H3. The van der Waals surface area contributed by atoms with Crippen LogP contribution in [0.3, 0.4) is 0 Å². The Kier molecular flexibility index (Phi) is 3.69. The van der Waals surface area contributed by atoms with Crippen LogP contribution in [-0.2, 0) is 4.79 Å². The van der Waals surface area contributed by atoms with E-state index in [-0.39, 0.29) is 18.0 Å². The van der Waals surface area contributed by atoms with Crippen molar-refractivity contribution in [2.24, 2.45) is 5.73 Å². The Balaban J connectivity index is 2.32. The van der Waals surface area contributed by atoms with Gasteiger partial charge in [-0.15, -0.1) is 0 Å². The molecule has 17 heavy (non-hydrogen) atoms. The number of nitrogens with zero attached hydrogens (tertiary/aromatic N) is 1. The van der Waals surface area contributed by atoms with E-state index in [1.165, 1.54) is 0 Å². The van der Waals surface area contributed by atoms with E-state index in [2.05, 4.69) is 0 Å². The molecule has 2 N–H and O–H groups in total. The number of carbonyl (C=O) groups is 1. The van der Waals surface area contributed by atoms with Crippen LogP contribution in [0.5, 0.6) is 0 Å². The van der Waals surface area contributed by atoms with Crippen LogP contribution in [0.4, 0.5) is 0 Å². The number of likely N-dealkylation sites (N-methyl/N-ethyl adjacent to an activating group) is 1. The molecule has 1 amide bonds. The van der Waals surface area contributed by atoms with Crippen LogP contribution < -0.4 is 5.73 Å². The fourth-order valence-corrected chi connectivity index (χ4v) is 2.52. The molecule has 4 heteroatoms. The van der Waals surface area contributed by atoms with E-state index in [1.54, 1.807) is 4.90 Å². The third-order valence-electron chi connectivity index (χ3n) is 3.36. The lowest BCUT2D eigenvalue weighted by molar-refractivity contribution is -0.131. The molecule has 0 spiro atoms. The Labute approximate surface area is 107 Å². The van der Waals surface area contributed by atoms with Gasteiger partial charge in [0.25, 0.3) is 0 Å². The second kappa shape index (κ2) is 5.07. The minimum atomic E-state index is -0.0396. The first kappa shape index (κ1) is 12.4. The molecule has 0 aromatic heterocycles. The van der Waals surface area contributed by atoms with Gasteiger partial charge in [-0.3, -0.25) is 4.79 Å². The van der Waals surface area contributed by atoms with Gasteiger partial charge in [-0.25, -0.2) is 0 Å². The van der Waals surface area contributed by atoms with E-state index in [4.69, 9.17) is 17.3 Å². The molecule has 1 saturated heterocycles. The van der Waals surface area contributed by atoms with Crippen molar-refractivity contribution in [2.45, 2.75) is 31.3 Å². The molecule has 0 saturated carbocycles. The average Bonchev–Trinajstić information content (AvgIpc) is 2.42.